The minimum Gasteiger partial charge on any atom is -0.361 e. The summed E-state index contributed by atoms with van der Waals surface area (Å²) in [5.74, 6) is 0.290. The van der Waals surface area contributed by atoms with Crippen LogP contribution >= 0.6 is 23.1 Å². The molecule has 1 amide bonds. The van der Waals surface area contributed by atoms with Gasteiger partial charge < -0.3 is 9.84 Å². The number of aryl methyl sites for hydroxylation is 2. The maximum absolute atomic E-state index is 12.3. The lowest BCUT2D eigenvalue weighted by Gasteiger charge is -2.04. The van der Waals surface area contributed by atoms with Crippen LogP contribution in [0.1, 0.15) is 22.6 Å². The highest BCUT2D eigenvalue weighted by molar-refractivity contribution is 8.00. The summed E-state index contributed by atoms with van der Waals surface area (Å²) in [4.78, 5) is 16.9. The number of carbonyl (C=O) groups is 1. The van der Waals surface area contributed by atoms with Crippen LogP contribution in [0.4, 0.5) is 5.69 Å². The fourth-order valence-electron chi connectivity index (χ4n) is 3.06. The van der Waals surface area contributed by atoms with Crippen LogP contribution in [0, 0.1) is 13.8 Å². The maximum Gasteiger partial charge on any atom is 0.239 e. The molecule has 0 aliphatic carbocycles. The first-order chi connectivity index (χ1) is 15.8. The molecule has 0 saturated heterocycles. The van der Waals surface area contributed by atoms with E-state index in [4.69, 9.17) is 4.52 Å². The summed E-state index contributed by atoms with van der Waals surface area (Å²) in [6.07, 6.45) is 1.48. The molecule has 4 rings (SSSR count). The molecule has 170 valence electrons. The number of carbonyl (C=O) groups excluding carboxylic acids is 1. The van der Waals surface area contributed by atoms with E-state index in [0.717, 1.165) is 42.5 Å². The number of benzene rings is 2. The summed E-state index contributed by atoms with van der Waals surface area (Å²) < 4.78 is 31.5. The van der Waals surface area contributed by atoms with Crippen LogP contribution < -0.4 is 5.32 Å². The van der Waals surface area contributed by atoms with E-state index >= 15 is 0 Å². The number of thioether (sulfide) groups is 1. The van der Waals surface area contributed by atoms with Crippen LogP contribution in [0.2, 0.25) is 0 Å². The molecule has 0 aliphatic rings. The number of nitrogens with zero attached hydrogens (tertiary/aromatic N) is 2. The zero-order chi connectivity index (χ0) is 23.4. The van der Waals surface area contributed by atoms with Gasteiger partial charge >= 0.3 is 0 Å². The molecule has 0 spiro atoms. The van der Waals surface area contributed by atoms with Gasteiger partial charge in [0.25, 0.3) is 0 Å². The summed E-state index contributed by atoms with van der Waals surface area (Å²) in [5.41, 5.74) is 4.04. The summed E-state index contributed by atoms with van der Waals surface area (Å²) >= 11 is 3.11. The highest BCUT2D eigenvalue weighted by Gasteiger charge is 2.15. The molecule has 0 bridgehead atoms. The molecule has 4 aromatic rings. The van der Waals surface area contributed by atoms with Gasteiger partial charge in [-0.3, -0.25) is 4.79 Å². The van der Waals surface area contributed by atoms with Crippen molar-refractivity contribution in [2.45, 2.75) is 23.9 Å². The Morgan fingerprint density at radius 3 is 2.70 bits per heavy atom. The number of rotatable bonds is 8. The molecule has 33 heavy (non-hydrogen) atoms. The number of hydrogen-bond acceptors (Lipinski definition) is 8. The van der Waals surface area contributed by atoms with E-state index in [9.17, 15) is 13.2 Å². The SMILES string of the molecule is Cc1noc(C)c1CSc1nc2ccc(NC(=O)CS(=O)(=O)C=Cc3ccccc3)cc2s1. The Morgan fingerprint density at radius 1 is 1.18 bits per heavy atom. The monoisotopic (exact) mass is 499 g/mol. The number of aromatic nitrogens is 2. The van der Waals surface area contributed by atoms with Crippen LogP contribution in [0.5, 0.6) is 0 Å². The molecule has 2 aromatic carbocycles. The molecular formula is C23H21N3O4S3. The fraction of sp³-hybridized carbons (Fsp3) is 0.174. The molecule has 1 N–H and O–H groups in total. The average Bonchev–Trinajstić information content (AvgIpc) is 3.33. The minimum atomic E-state index is -3.69. The molecular weight excluding hydrogens is 478 g/mol. The number of sulfone groups is 1. The fourth-order valence-corrected chi connectivity index (χ4v) is 6.22. The van der Waals surface area contributed by atoms with Crippen molar-refractivity contribution in [3.05, 3.63) is 76.5 Å². The normalized spacial score (nSPS) is 11.9. The Labute approximate surface area is 199 Å². The molecule has 0 atom stereocenters. The summed E-state index contributed by atoms with van der Waals surface area (Å²) in [6.45, 7) is 3.80. The predicted octanol–water partition coefficient (Wildman–Crippen LogP) is 5.22. The van der Waals surface area contributed by atoms with Crippen LogP contribution in [-0.4, -0.2) is 30.2 Å². The van der Waals surface area contributed by atoms with Crippen LogP contribution in [0.25, 0.3) is 16.3 Å². The molecule has 10 heteroatoms. The average molecular weight is 500 g/mol. The van der Waals surface area contributed by atoms with Gasteiger partial charge in [0.15, 0.2) is 14.2 Å². The van der Waals surface area contributed by atoms with E-state index in [1.165, 1.54) is 17.4 Å². The molecule has 0 unspecified atom stereocenters. The number of anilines is 1. The Morgan fingerprint density at radius 2 is 1.97 bits per heavy atom. The third-order valence-electron chi connectivity index (χ3n) is 4.77. The molecule has 2 heterocycles. The van der Waals surface area contributed by atoms with Crippen molar-refractivity contribution in [3.8, 4) is 0 Å². The van der Waals surface area contributed by atoms with E-state index in [1.54, 1.807) is 36.0 Å². The van der Waals surface area contributed by atoms with Crippen molar-refractivity contribution in [2.24, 2.45) is 0 Å². The smallest absolute Gasteiger partial charge is 0.239 e. The third kappa shape index (κ3) is 6.10. The van der Waals surface area contributed by atoms with Gasteiger partial charge in [0.05, 0.1) is 15.9 Å². The van der Waals surface area contributed by atoms with Gasteiger partial charge in [0.1, 0.15) is 11.5 Å². The highest BCUT2D eigenvalue weighted by atomic mass is 32.2. The molecule has 2 aromatic heterocycles. The Balaban J connectivity index is 1.39. The van der Waals surface area contributed by atoms with Crippen molar-refractivity contribution in [1.29, 1.82) is 0 Å². The highest BCUT2D eigenvalue weighted by Crippen LogP contribution is 2.34. The maximum atomic E-state index is 12.3. The van der Waals surface area contributed by atoms with Gasteiger partial charge in [-0.25, -0.2) is 13.4 Å². The first-order valence-corrected chi connectivity index (χ1v) is 13.5. The second-order valence-corrected chi connectivity index (χ2v) is 11.5. The van der Waals surface area contributed by atoms with Crippen LogP contribution in [0.15, 0.2) is 62.8 Å². The van der Waals surface area contributed by atoms with Gasteiger partial charge in [-0.05, 0) is 43.7 Å². The topological polar surface area (TPSA) is 102 Å². The first-order valence-electron chi connectivity index (χ1n) is 10.00. The second kappa shape index (κ2) is 9.90. The van der Waals surface area contributed by atoms with E-state index < -0.39 is 21.5 Å². The van der Waals surface area contributed by atoms with E-state index in [0.29, 0.717) is 11.4 Å². The van der Waals surface area contributed by atoms with Crippen molar-refractivity contribution in [1.82, 2.24) is 10.1 Å². The molecule has 0 aliphatic heterocycles. The number of hydrogen-bond donors (Lipinski definition) is 1. The second-order valence-electron chi connectivity index (χ2n) is 7.32. The van der Waals surface area contributed by atoms with Crippen molar-refractivity contribution >= 4 is 60.8 Å². The lowest BCUT2D eigenvalue weighted by molar-refractivity contribution is -0.113. The Hall–Kier alpha value is -2.95. The van der Waals surface area contributed by atoms with Gasteiger partial charge in [0, 0.05) is 22.4 Å². The lowest BCUT2D eigenvalue weighted by atomic mass is 10.2. The van der Waals surface area contributed by atoms with Crippen molar-refractivity contribution in [3.63, 3.8) is 0 Å². The summed E-state index contributed by atoms with van der Waals surface area (Å²) in [7, 11) is -3.69. The number of nitrogens with one attached hydrogen (secondary N) is 1. The van der Waals surface area contributed by atoms with Crippen molar-refractivity contribution < 1.29 is 17.7 Å². The zero-order valence-electron chi connectivity index (χ0n) is 17.9. The third-order valence-corrected chi connectivity index (χ3v) is 8.18. The quantitative estimate of drug-likeness (QED) is 0.332. The first kappa shape index (κ1) is 23.2. The van der Waals surface area contributed by atoms with Crippen LogP contribution in [0.3, 0.4) is 0 Å². The summed E-state index contributed by atoms with van der Waals surface area (Å²) in [5, 5.41) is 7.70. The molecule has 0 fully saturated rings. The number of amides is 1. The summed E-state index contributed by atoms with van der Waals surface area (Å²) in [6, 6.07) is 14.4. The Kier molecular flexibility index (Phi) is 6.96. The largest absolute Gasteiger partial charge is 0.361 e. The standard InChI is InChI=1S/C23H21N3O4S3/c1-15-19(16(2)30-26-15)13-31-23-25-20-9-8-18(12-21(20)32-23)24-22(27)14-33(28,29)11-10-17-6-4-3-5-7-17/h3-12H,13-14H2,1-2H3,(H,24,27). The zero-order valence-corrected chi connectivity index (χ0v) is 20.4. The van der Waals surface area contributed by atoms with Gasteiger partial charge in [-0.2, -0.15) is 0 Å². The lowest BCUT2D eigenvalue weighted by Crippen LogP contribution is -2.21. The van der Waals surface area contributed by atoms with Crippen LogP contribution in [-0.2, 0) is 20.4 Å². The van der Waals surface area contributed by atoms with E-state index in [-0.39, 0.29) is 0 Å². The van der Waals surface area contributed by atoms with Crippen molar-refractivity contribution in [2.75, 3.05) is 11.1 Å². The van der Waals surface area contributed by atoms with Gasteiger partial charge in [-0.1, -0.05) is 47.3 Å². The Bertz CT molecular complexity index is 1400. The molecule has 0 saturated carbocycles. The number of fused-ring (bicyclic) bond motifs is 1. The van der Waals surface area contributed by atoms with Gasteiger partial charge in [0.2, 0.25) is 5.91 Å². The number of thiazole rings is 1. The minimum absolute atomic E-state index is 0.528. The predicted molar refractivity (Wildman–Crippen MR) is 133 cm³/mol. The van der Waals surface area contributed by atoms with E-state index in [1.807, 2.05) is 38.1 Å². The molecule has 0 radical (unpaired) electrons. The van der Waals surface area contributed by atoms with Gasteiger partial charge in [-0.15, -0.1) is 11.3 Å². The molecule has 7 nitrogen and oxygen atoms in total. The van der Waals surface area contributed by atoms with E-state index in [2.05, 4.69) is 15.5 Å².